The highest BCUT2D eigenvalue weighted by molar-refractivity contribution is 6.32. The Kier molecular flexibility index (Phi) is 5.63. The van der Waals surface area contributed by atoms with Crippen LogP contribution in [0.4, 0.5) is 0 Å². The van der Waals surface area contributed by atoms with Gasteiger partial charge in [0.2, 0.25) is 5.70 Å². The molecule has 0 saturated heterocycles. The van der Waals surface area contributed by atoms with Gasteiger partial charge in [-0.25, -0.2) is 0 Å². The van der Waals surface area contributed by atoms with Gasteiger partial charge in [0.25, 0.3) is 0 Å². The van der Waals surface area contributed by atoms with Gasteiger partial charge in [-0.05, 0) is 24.6 Å². The lowest BCUT2D eigenvalue weighted by Crippen LogP contribution is -1.99. The van der Waals surface area contributed by atoms with E-state index in [-0.39, 0.29) is 5.70 Å². The van der Waals surface area contributed by atoms with Gasteiger partial charge in [-0.3, -0.25) is 10.1 Å². The number of nitro groups is 1. The number of halogens is 1. The Hall–Kier alpha value is -1.75. The lowest BCUT2D eigenvalue weighted by atomic mass is 10.1. The van der Waals surface area contributed by atoms with Crippen molar-refractivity contribution in [2.75, 3.05) is 13.7 Å². The van der Waals surface area contributed by atoms with Crippen molar-refractivity contribution in [2.24, 2.45) is 0 Å². The van der Waals surface area contributed by atoms with E-state index < -0.39 is 4.92 Å². The maximum absolute atomic E-state index is 10.8. The Morgan fingerprint density at radius 3 is 2.63 bits per heavy atom. The Morgan fingerprint density at radius 2 is 2.16 bits per heavy atom. The molecule has 0 saturated carbocycles. The second kappa shape index (κ2) is 6.99. The molecule has 0 N–H and O–H groups in total. The van der Waals surface area contributed by atoms with Crippen LogP contribution < -0.4 is 9.47 Å². The fourth-order valence-electron chi connectivity index (χ4n) is 1.61. The Labute approximate surface area is 116 Å². The lowest BCUT2D eigenvalue weighted by Gasteiger charge is -2.11. The SMILES string of the molecule is CCOc1cc(C=C(CC)[N+](=O)[O-])cc(Cl)c1OC. The van der Waals surface area contributed by atoms with Gasteiger partial charge in [0, 0.05) is 12.5 Å². The quantitative estimate of drug-likeness (QED) is 0.589. The third-order valence-electron chi connectivity index (χ3n) is 2.47. The van der Waals surface area contributed by atoms with Crippen LogP contribution in [0, 0.1) is 10.1 Å². The minimum Gasteiger partial charge on any atom is -0.491 e. The molecule has 0 aliphatic rings. The summed E-state index contributed by atoms with van der Waals surface area (Å²) in [7, 11) is 1.49. The molecule has 0 aliphatic heterocycles. The number of rotatable bonds is 6. The average Bonchev–Trinajstić information content (AvgIpc) is 2.35. The third-order valence-corrected chi connectivity index (χ3v) is 2.75. The Balaban J connectivity index is 3.27. The Morgan fingerprint density at radius 1 is 1.47 bits per heavy atom. The summed E-state index contributed by atoms with van der Waals surface area (Å²) in [6.07, 6.45) is 1.81. The van der Waals surface area contributed by atoms with Gasteiger partial charge in [0.05, 0.1) is 23.7 Å². The molecule has 0 aromatic heterocycles. The molecular weight excluding hydrogens is 270 g/mol. The molecule has 0 atom stereocenters. The molecule has 5 nitrogen and oxygen atoms in total. The number of allylic oxidation sites excluding steroid dienone is 1. The maximum atomic E-state index is 10.8. The highest BCUT2D eigenvalue weighted by Gasteiger charge is 2.13. The van der Waals surface area contributed by atoms with Crippen molar-refractivity contribution in [2.45, 2.75) is 20.3 Å². The third kappa shape index (κ3) is 3.86. The van der Waals surface area contributed by atoms with E-state index in [0.29, 0.717) is 35.1 Å². The zero-order chi connectivity index (χ0) is 14.4. The van der Waals surface area contributed by atoms with Crippen molar-refractivity contribution in [3.63, 3.8) is 0 Å². The molecule has 0 unspecified atom stereocenters. The molecule has 1 aromatic rings. The van der Waals surface area contributed by atoms with Crippen molar-refractivity contribution >= 4 is 17.7 Å². The van der Waals surface area contributed by atoms with Gasteiger partial charge in [-0.15, -0.1) is 0 Å². The smallest absolute Gasteiger partial charge is 0.246 e. The number of ether oxygens (including phenoxy) is 2. The summed E-state index contributed by atoms with van der Waals surface area (Å²) in [6.45, 7) is 4.02. The molecule has 0 radical (unpaired) electrons. The zero-order valence-electron chi connectivity index (χ0n) is 11.1. The Bertz CT molecular complexity index is 500. The van der Waals surface area contributed by atoms with Crippen LogP contribution in [-0.2, 0) is 0 Å². The molecule has 1 aromatic carbocycles. The first-order valence-corrected chi connectivity index (χ1v) is 6.26. The summed E-state index contributed by atoms with van der Waals surface area (Å²) >= 11 is 6.07. The van der Waals surface area contributed by atoms with Crippen molar-refractivity contribution in [3.8, 4) is 11.5 Å². The molecule has 104 valence electrons. The number of benzene rings is 1. The summed E-state index contributed by atoms with van der Waals surface area (Å²) in [6, 6.07) is 3.29. The van der Waals surface area contributed by atoms with E-state index >= 15 is 0 Å². The van der Waals surface area contributed by atoms with Gasteiger partial charge >= 0.3 is 0 Å². The zero-order valence-corrected chi connectivity index (χ0v) is 11.9. The molecule has 0 spiro atoms. The van der Waals surface area contributed by atoms with Crippen LogP contribution >= 0.6 is 11.6 Å². The first-order valence-electron chi connectivity index (χ1n) is 5.88. The van der Waals surface area contributed by atoms with Crippen molar-refractivity contribution in [1.29, 1.82) is 0 Å². The standard InChI is InChI=1S/C13H16ClNO4/c1-4-10(15(16)17)6-9-7-11(14)13(18-3)12(8-9)19-5-2/h6-8H,4-5H2,1-3H3. The van der Waals surface area contributed by atoms with Gasteiger partial charge < -0.3 is 9.47 Å². The summed E-state index contributed by atoms with van der Waals surface area (Å²) in [4.78, 5) is 10.4. The second-order valence-corrected chi connectivity index (χ2v) is 4.12. The van der Waals surface area contributed by atoms with Crippen LogP contribution in [0.15, 0.2) is 17.8 Å². The molecule has 0 fully saturated rings. The summed E-state index contributed by atoms with van der Waals surface area (Å²) < 4.78 is 10.6. The van der Waals surface area contributed by atoms with E-state index in [9.17, 15) is 10.1 Å². The van der Waals surface area contributed by atoms with E-state index in [2.05, 4.69) is 0 Å². The first kappa shape index (κ1) is 15.3. The van der Waals surface area contributed by atoms with Gasteiger partial charge in [0.1, 0.15) is 0 Å². The largest absolute Gasteiger partial charge is 0.491 e. The number of nitrogens with zero attached hydrogens (tertiary/aromatic N) is 1. The fourth-order valence-corrected chi connectivity index (χ4v) is 1.90. The summed E-state index contributed by atoms with van der Waals surface area (Å²) in [5.74, 6) is 0.905. The topological polar surface area (TPSA) is 61.6 Å². The van der Waals surface area contributed by atoms with E-state index in [0.717, 1.165) is 0 Å². The van der Waals surface area contributed by atoms with Gasteiger partial charge in [-0.2, -0.15) is 0 Å². The lowest BCUT2D eigenvalue weighted by molar-refractivity contribution is -0.425. The number of hydrogen-bond acceptors (Lipinski definition) is 4. The van der Waals surface area contributed by atoms with E-state index in [1.807, 2.05) is 6.92 Å². The highest BCUT2D eigenvalue weighted by Crippen LogP contribution is 2.37. The molecule has 0 heterocycles. The number of hydrogen-bond donors (Lipinski definition) is 0. The van der Waals surface area contributed by atoms with E-state index in [4.69, 9.17) is 21.1 Å². The molecule has 0 aliphatic carbocycles. The average molecular weight is 286 g/mol. The minimum absolute atomic E-state index is 0.115. The maximum Gasteiger partial charge on any atom is 0.246 e. The fraction of sp³-hybridized carbons (Fsp3) is 0.385. The summed E-state index contributed by atoms with van der Waals surface area (Å²) in [5.41, 5.74) is 0.728. The van der Waals surface area contributed by atoms with Crippen molar-refractivity contribution in [1.82, 2.24) is 0 Å². The van der Waals surface area contributed by atoms with E-state index in [1.54, 1.807) is 19.1 Å². The normalized spacial score (nSPS) is 11.3. The predicted octanol–water partition coefficient (Wildman–Crippen LogP) is 3.77. The minimum atomic E-state index is -0.404. The molecule has 1 rings (SSSR count). The molecule has 0 bridgehead atoms. The highest BCUT2D eigenvalue weighted by atomic mass is 35.5. The number of methoxy groups -OCH3 is 1. The molecule has 6 heteroatoms. The van der Waals surface area contributed by atoms with Crippen LogP contribution in [0.25, 0.3) is 6.08 Å². The summed E-state index contributed by atoms with van der Waals surface area (Å²) in [5, 5.41) is 11.2. The molecule has 0 amide bonds. The van der Waals surface area contributed by atoms with Gasteiger partial charge in [-0.1, -0.05) is 18.5 Å². The van der Waals surface area contributed by atoms with Crippen LogP contribution in [-0.4, -0.2) is 18.6 Å². The van der Waals surface area contributed by atoms with E-state index in [1.165, 1.54) is 13.2 Å². The first-order chi connectivity index (χ1) is 9.03. The van der Waals surface area contributed by atoms with Crippen molar-refractivity contribution in [3.05, 3.63) is 38.5 Å². The van der Waals surface area contributed by atoms with Crippen LogP contribution in [0.5, 0.6) is 11.5 Å². The van der Waals surface area contributed by atoms with Crippen molar-refractivity contribution < 1.29 is 14.4 Å². The molecule has 19 heavy (non-hydrogen) atoms. The predicted molar refractivity (Wildman–Crippen MR) is 74.4 cm³/mol. The second-order valence-electron chi connectivity index (χ2n) is 3.71. The van der Waals surface area contributed by atoms with Gasteiger partial charge in [0.15, 0.2) is 11.5 Å². The monoisotopic (exact) mass is 285 g/mol. The molecular formula is C13H16ClNO4. The van der Waals surface area contributed by atoms with Crippen LogP contribution in [0.3, 0.4) is 0 Å². The van der Waals surface area contributed by atoms with Crippen LogP contribution in [0.1, 0.15) is 25.8 Å². The van der Waals surface area contributed by atoms with Crippen LogP contribution in [0.2, 0.25) is 5.02 Å².